The van der Waals surface area contributed by atoms with Crippen molar-refractivity contribution in [3.8, 4) is 0 Å². The SMILES string of the molecule is Cn1c(C2CC2)nc2cc(Nc3nccc(C(F)(F)F)n3)ccc21. The second-order valence-corrected chi connectivity index (χ2v) is 5.90. The number of nitrogens with one attached hydrogen (secondary N) is 1. The van der Waals surface area contributed by atoms with Gasteiger partial charge in [-0.25, -0.2) is 15.0 Å². The van der Waals surface area contributed by atoms with Crippen LogP contribution in [0.5, 0.6) is 0 Å². The van der Waals surface area contributed by atoms with Crippen LogP contribution in [-0.2, 0) is 13.2 Å². The fourth-order valence-corrected chi connectivity index (χ4v) is 2.71. The molecule has 2 aromatic heterocycles. The smallest absolute Gasteiger partial charge is 0.331 e. The van der Waals surface area contributed by atoms with Crippen LogP contribution in [0.1, 0.15) is 30.3 Å². The number of fused-ring (bicyclic) bond motifs is 1. The molecule has 1 saturated carbocycles. The van der Waals surface area contributed by atoms with E-state index in [1.165, 1.54) is 0 Å². The van der Waals surface area contributed by atoms with Gasteiger partial charge in [-0.05, 0) is 37.1 Å². The predicted molar refractivity (Wildman–Crippen MR) is 83.0 cm³/mol. The molecule has 3 aromatic rings. The van der Waals surface area contributed by atoms with Crippen LogP contribution in [0.2, 0.25) is 0 Å². The average Bonchev–Trinajstić information content (AvgIpc) is 3.32. The normalized spacial score (nSPS) is 15.0. The fourth-order valence-electron chi connectivity index (χ4n) is 2.71. The molecule has 0 unspecified atom stereocenters. The number of nitrogens with zero attached hydrogens (tertiary/aromatic N) is 4. The lowest BCUT2D eigenvalue weighted by atomic mass is 10.3. The lowest BCUT2D eigenvalue weighted by Gasteiger charge is -2.08. The first kappa shape index (κ1) is 14.9. The van der Waals surface area contributed by atoms with E-state index in [9.17, 15) is 13.2 Å². The maximum atomic E-state index is 12.7. The van der Waals surface area contributed by atoms with E-state index in [1.54, 1.807) is 12.1 Å². The zero-order chi connectivity index (χ0) is 16.9. The number of anilines is 2. The maximum Gasteiger partial charge on any atom is 0.433 e. The molecule has 8 heteroatoms. The van der Waals surface area contributed by atoms with Crippen molar-refractivity contribution in [1.82, 2.24) is 19.5 Å². The molecular weight excluding hydrogens is 319 g/mol. The van der Waals surface area contributed by atoms with Crippen LogP contribution < -0.4 is 5.32 Å². The summed E-state index contributed by atoms with van der Waals surface area (Å²) in [5, 5.41) is 2.81. The summed E-state index contributed by atoms with van der Waals surface area (Å²) in [6.45, 7) is 0. The molecule has 0 atom stereocenters. The second-order valence-electron chi connectivity index (χ2n) is 5.90. The number of imidazole rings is 1. The van der Waals surface area contributed by atoms with Crippen LogP contribution in [0.3, 0.4) is 0 Å². The Morgan fingerprint density at radius 2 is 1.96 bits per heavy atom. The number of hydrogen-bond donors (Lipinski definition) is 1. The second kappa shape index (κ2) is 5.19. The summed E-state index contributed by atoms with van der Waals surface area (Å²) < 4.78 is 40.2. The first-order chi connectivity index (χ1) is 11.4. The lowest BCUT2D eigenvalue weighted by Crippen LogP contribution is -2.10. The van der Waals surface area contributed by atoms with Crippen molar-refractivity contribution in [2.45, 2.75) is 24.9 Å². The summed E-state index contributed by atoms with van der Waals surface area (Å²) in [4.78, 5) is 12.0. The highest BCUT2D eigenvalue weighted by molar-refractivity contribution is 5.81. The minimum Gasteiger partial charge on any atom is -0.331 e. The van der Waals surface area contributed by atoms with E-state index in [1.807, 2.05) is 13.1 Å². The Bertz CT molecular complexity index is 912. The summed E-state index contributed by atoms with van der Waals surface area (Å²) in [7, 11) is 1.98. The minimum atomic E-state index is -4.50. The van der Waals surface area contributed by atoms with Gasteiger partial charge in [0.05, 0.1) is 11.0 Å². The Labute approximate surface area is 135 Å². The van der Waals surface area contributed by atoms with Crippen molar-refractivity contribution in [1.29, 1.82) is 0 Å². The third kappa shape index (κ3) is 2.68. The fraction of sp³-hybridized carbons (Fsp3) is 0.312. The summed E-state index contributed by atoms with van der Waals surface area (Å²) in [6.07, 6.45) is -1.10. The van der Waals surface area contributed by atoms with Crippen molar-refractivity contribution in [3.63, 3.8) is 0 Å². The molecule has 124 valence electrons. The Morgan fingerprint density at radius 1 is 1.17 bits per heavy atom. The number of halogens is 3. The number of aryl methyl sites for hydroxylation is 1. The van der Waals surface area contributed by atoms with E-state index in [4.69, 9.17) is 0 Å². The van der Waals surface area contributed by atoms with E-state index in [-0.39, 0.29) is 5.95 Å². The van der Waals surface area contributed by atoms with Crippen molar-refractivity contribution in [3.05, 3.63) is 42.0 Å². The highest BCUT2D eigenvalue weighted by Crippen LogP contribution is 2.40. The molecule has 0 spiro atoms. The molecule has 0 aliphatic heterocycles. The van der Waals surface area contributed by atoms with Gasteiger partial charge in [-0.3, -0.25) is 0 Å². The monoisotopic (exact) mass is 333 g/mol. The molecule has 0 bridgehead atoms. The van der Waals surface area contributed by atoms with Gasteiger partial charge in [-0.2, -0.15) is 13.2 Å². The Kier molecular flexibility index (Phi) is 3.22. The van der Waals surface area contributed by atoms with Crippen molar-refractivity contribution < 1.29 is 13.2 Å². The van der Waals surface area contributed by atoms with Crippen LogP contribution in [0, 0.1) is 0 Å². The summed E-state index contributed by atoms with van der Waals surface area (Å²) in [5.74, 6) is 1.48. The van der Waals surface area contributed by atoms with Crippen LogP contribution >= 0.6 is 0 Å². The molecule has 1 fully saturated rings. The number of aromatic nitrogens is 4. The van der Waals surface area contributed by atoms with Gasteiger partial charge in [-0.15, -0.1) is 0 Å². The molecule has 24 heavy (non-hydrogen) atoms. The molecule has 4 rings (SSSR count). The van der Waals surface area contributed by atoms with Gasteiger partial charge in [0.2, 0.25) is 5.95 Å². The maximum absolute atomic E-state index is 12.7. The van der Waals surface area contributed by atoms with Gasteiger partial charge in [0.1, 0.15) is 11.5 Å². The van der Waals surface area contributed by atoms with E-state index in [0.717, 1.165) is 42.0 Å². The highest BCUT2D eigenvalue weighted by atomic mass is 19.4. The number of alkyl halides is 3. The first-order valence-electron chi connectivity index (χ1n) is 7.55. The number of hydrogen-bond acceptors (Lipinski definition) is 4. The zero-order valence-electron chi connectivity index (χ0n) is 12.8. The van der Waals surface area contributed by atoms with Crippen molar-refractivity contribution in [2.75, 3.05) is 5.32 Å². The Morgan fingerprint density at radius 3 is 2.67 bits per heavy atom. The first-order valence-corrected chi connectivity index (χ1v) is 7.55. The van der Waals surface area contributed by atoms with Gasteiger partial charge in [-0.1, -0.05) is 0 Å². The topological polar surface area (TPSA) is 55.6 Å². The quantitative estimate of drug-likeness (QED) is 0.787. The zero-order valence-corrected chi connectivity index (χ0v) is 12.8. The van der Waals surface area contributed by atoms with Crippen LogP contribution in [0.25, 0.3) is 11.0 Å². The largest absolute Gasteiger partial charge is 0.433 e. The third-order valence-electron chi connectivity index (χ3n) is 4.06. The van der Waals surface area contributed by atoms with E-state index in [2.05, 4.69) is 24.8 Å². The predicted octanol–water partition coefficient (Wildman–Crippen LogP) is 4.00. The Balaban J connectivity index is 1.65. The van der Waals surface area contributed by atoms with E-state index >= 15 is 0 Å². The molecule has 0 radical (unpaired) electrons. The van der Waals surface area contributed by atoms with Crippen molar-refractivity contribution >= 4 is 22.7 Å². The molecule has 0 amide bonds. The van der Waals surface area contributed by atoms with Crippen LogP contribution in [0.15, 0.2) is 30.5 Å². The third-order valence-corrected chi connectivity index (χ3v) is 4.06. The van der Waals surface area contributed by atoms with Crippen LogP contribution in [0.4, 0.5) is 24.8 Å². The molecule has 0 saturated heterocycles. The minimum absolute atomic E-state index is 0.0949. The van der Waals surface area contributed by atoms with Crippen molar-refractivity contribution in [2.24, 2.45) is 7.05 Å². The highest BCUT2D eigenvalue weighted by Gasteiger charge is 2.33. The van der Waals surface area contributed by atoms with Gasteiger partial charge in [0.25, 0.3) is 0 Å². The molecule has 2 heterocycles. The van der Waals surface area contributed by atoms with Crippen LogP contribution in [-0.4, -0.2) is 19.5 Å². The molecule has 1 N–H and O–H groups in total. The van der Waals surface area contributed by atoms with Gasteiger partial charge >= 0.3 is 6.18 Å². The standard InChI is InChI=1S/C16H14F3N5/c1-24-12-5-4-10(8-11(12)22-14(24)9-2-3-9)21-15-20-7-6-13(23-15)16(17,18)19/h4-9H,2-3H2,1H3,(H,20,21,23). The molecular formula is C16H14F3N5. The van der Waals surface area contributed by atoms with Gasteiger partial charge in [0.15, 0.2) is 0 Å². The summed E-state index contributed by atoms with van der Waals surface area (Å²) >= 11 is 0. The van der Waals surface area contributed by atoms with Gasteiger partial charge < -0.3 is 9.88 Å². The Hall–Kier alpha value is -2.64. The lowest BCUT2D eigenvalue weighted by molar-refractivity contribution is -0.141. The number of benzene rings is 1. The summed E-state index contributed by atoms with van der Waals surface area (Å²) in [5.41, 5.74) is 1.42. The van der Waals surface area contributed by atoms with E-state index in [0.29, 0.717) is 11.6 Å². The molecule has 1 aliphatic rings. The molecule has 1 aliphatic carbocycles. The van der Waals surface area contributed by atoms with Gasteiger partial charge in [0, 0.05) is 24.8 Å². The molecule has 1 aromatic carbocycles. The number of rotatable bonds is 3. The molecule has 5 nitrogen and oxygen atoms in total. The van der Waals surface area contributed by atoms with E-state index < -0.39 is 11.9 Å². The summed E-state index contributed by atoms with van der Waals surface area (Å²) in [6, 6.07) is 6.31. The average molecular weight is 333 g/mol.